The molecule has 0 unspecified atom stereocenters. The highest BCUT2D eigenvalue weighted by atomic mass is 32.2. The zero-order valence-corrected chi connectivity index (χ0v) is 28.3. The minimum absolute atomic E-state index is 0.00465. The van der Waals surface area contributed by atoms with Crippen molar-refractivity contribution in [3.63, 3.8) is 0 Å². The molecule has 3 aromatic heterocycles. The number of urea groups is 1. The molecule has 14 heteroatoms. The Morgan fingerprint density at radius 2 is 1.80 bits per heavy atom. The molecule has 3 fully saturated rings. The second-order valence-electron chi connectivity index (χ2n) is 13.2. The summed E-state index contributed by atoms with van der Waals surface area (Å²) in [6, 6.07) is 4.01. The lowest BCUT2D eigenvalue weighted by atomic mass is 9.93. The van der Waals surface area contributed by atoms with Crippen LogP contribution >= 0.6 is 23.1 Å². The number of hydrogen-bond donors (Lipinski definition) is 2. The van der Waals surface area contributed by atoms with E-state index < -0.39 is 6.03 Å². The summed E-state index contributed by atoms with van der Waals surface area (Å²) in [5, 5.41) is 6.04. The van der Waals surface area contributed by atoms with Crippen LogP contribution in [0.5, 0.6) is 0 Å². The van der Waals surface area contributed by atoms with Crippen LogP contribution in [-0.2, 0) is 27.3 Å². The fourth-order valence-electron chi connectivity index (χ4n) is 6.13. The average Bonchev–Trinajstić information content (AvgIpc) is 3.71. The Hall–Kier alpha value is -3.33. The minimum atomic E-state index is -0.393. The van der Waals surface area contributed by atoms with E-state index in [2.05, 4.69) is 56.2 Å². The van der Waals surface area contributed by atoms with Gasteiger partial charge in [0.05, 0.1) is 39.9 Å². The van der Waals surface area contributed by atoms with E-state index in [0.29, 0.717) is 41.5 Å². The molecule has 0 saturated carbocycles. The van der Waals surface area contributed by atoms with Crippen molar-refractivity contribution in [3.05, 3.63) is 48.1 Å². The summed E-state index contributed by atoms with van der Waals surface area (Å²) in [7, 11) is 0. The van der Waals surface area contributed by atoms with Crippen LogP contribution < -0.4 is 15.5 Å². The van der Waals surface area contributed by atoms with Crippen LogP contribution in [0, 0.1) is 5.92 Å². The lowest BCUT2D eigenvalue weighted by molar-refractivity contribution is -0.122. The lowest BCUT2D eigenvalue weighted by Gasteiger charge is -2.41. The predicted octanol–water partition coefficient (Wildman–Crippen LogP) is 4.88. The lowest BCUT2D eigenvalue weighted by Crippen LogP contribution is -2.49. The molecular weight excluding hydrogens is 625 g/mol. The summed E-state index contributed by atoms with van der Waals surface area (Å²) in [5.41, 5.74) is 1.60. The number of thiazole rings is 1. The van der Waals surface area contributed by atoms with Gasteiger partial charge in [0.25, 0.3) is 0 Å². The standard InChI is InChI=1S/C32H42N8O4S2/c1-32(2,3)25-17-34-27(44-25)20-45-28-18-35-30(46-28)37-29(42)21-6-13-39(14-7-21)23-8-11-38(12-9-23)19-22-4-5-24(16-33-22)40-15-10-26(41)36-31(40)43/h4-5,16-18,21,23H,6-15,19-20H2,1-3H3,(H,35,37,42)(H,36,41,43). The molecule has 0 bridgehead atoms. The number of thioether (sulfide) groups is 1. The van der Waals surface area contributed by atoms with Crippen molar-refractivity contribution in [2.24, 2.45) is 5.92 Å². The number of nitrogens with one attached hydrogen (secondary N) is 2. The van der Waals surface area contributed by atoms with E-state index in [4.69, 9.17) is 4.42 Å². The van der Waals surface area contributed by atoms with E-state index in [1.807, 2.05) is 12.1 Å². The number of piperidine rings is 2. The van der Waals surface area contributed by atoms with E-state index in [1.165, 1.54) is 11.3 Å². The third kappa shape index (κ3) is 8.14. The zero-order chi connectivity index (χ0) is 32.3. The molecule has 3 aromatic rings. The number of nitrogens with zero attached hydrogens (tertiary/aromatic N) is 6. The Balaban J connectivity index is 0.893. The van der Waals surface area contributed by atoms with Crippen molar-refractivity contribution < 1.29 is 18.8 Å². The van der Waals surface area contributed by atoms with Crippen molar-refractivity contribution in [1.29, 1.82) is 0 Å². The molecule has 0 atom stereocenters. The molecule has 0 spiro atoms. The van der Waals surface area contributed by atoms with Crippen LogP contribution in [0.15, 0.2) is 39.3 Å². The molecule has 2 N–H and O–H groups in total. The van der Waals surface area contributed by atoms with Crippen LogP contribution in [0.2, 0.25) is 0 Å². The van der Waals surface area contributed by atoms with Crippen LogP contribution in [0.25, 0.3) is 0 Å². The van der Waals surface area contributed by atoms with Crippen LogP contribution in [0.4, 0.5) is 15.6 Å². The van der Waals surface area contributed by atoms with Gasteiger partial charge in [0.15, 0.2) is 5.13 Å². The minimum Gasteiger partial charge on any atom is -0.444 e. The maximum absolute atomic E-state index is 13.0. The van der Waals surface area contributed by atoms with Crippen molar-refractivity contribution >= 4 is 51.8 Å². The van der Waals surface area contributed by atoms with Gasteiger partial charge in [-0.25, -0.2) is 14.8 Å². The number of likely N-dealkylation sites (tertiary alicyclic amines) is 2. The van der Waals surface area contributed by atoms with E-state index in [-0.39, 0.29) is 23.1 Å². The first-order chi connectivity index (χ1) is 22.1. The number of anilines is 2. The Morgan fingerprint density at radius 3 is 2.48 bits per heavy atom. The van der Waals surface area contributed by atoms with Gasteiger partial charge in [-0.2, -0.15) is 0 Å². The van der Waals surface area contributed by atoms with Crippen molar-refractivity contribution in [2.75, 3.05) is 42.9 Å². The Morgan fingerprint density at radius 1 is 1.02 bits per heavy atom. The molecule has 4 amide bonds. The highest BCUT2D eigenvalue weighted by molar-refractivity contribution is 8.00. The summed E-state index contributed by atoms with van der Waals surface area (Å²) >= 11 is 3.10. The van der Waals surface area contributed by atoms with Crippen molar-refractivity contribution in [1.82, 2.24) is 30.1 Å². The quantitative estimate of drug-likeness (QED) is 0.304. The van der Waals surface area contributed by atoms with E-state index in [1.54, 1.807) is 35.3 Å². The smallest absolute Gasteiger partial charge is 0.328 e. The molecular formula is C32H42N8O4S2. The number of aromatic nitrogens is 3. The fraction of sp³-hybridized carbons (Fsp3) is 0.562. The monoisotopic (exact) mass is 666 g/mol. The molecule has 0 aromatic carbocycles. The molecule has 3 saturated heterocycles. The summed E-state index contributed by atoms with van der Waals surface area (Å²) in [4.78, 5) is 56.5. The highest BCUT2D eigenvalue weighted by Crippen LogP contribution is 2.33. The second-order valence-corrected chi connectivity index (χ2v) is 15.5. The first-order valence-corrected chi connectivity index (χ1v) is 17.8. The van der Waals surface area contributed by atoms with Gasteiger partial charge < -0.3 is 14.6 Å². The molecule has 3 aliphatic heterocycles. The van der Waals surface area contributed by atoms with Crippen molar-refractivity contribution in [2.45, 2.75) is 80.8 Å². The van der Waals surface area contributed by atoms with Gasteiger partial charge in [-0.05, 0) is 50.9 Å². The number of hydrogen-bond acceptors (Lipinski definition) is 11. The SMILES string of the molecule is CC(C)(C)c1cnc(CSc2cnc(NC(=O)C3CCN(C4CCN(Cc5ccc(N6CCC(=O)NC6=O)cn5)CC4)CC3)s2)o1. The van der Waals surface area contributed by atoms with Crippen LogP contribution in [0.3, 0.4) is 0 Å². The van der Waals surface area contributed by atoms with E-state index in [9.17, 15) is 14.4 Å². The van der Waals surface area contributed by atoms with Gasteiger partial charge in [-0.15, -0.1) is 11.8 Å². The third-order valence-electron chi connectivity index (χ3n) is 8.88. The van der Waals surface area contributed by atoms with Crippen molar-refractivity contribution in [3.8, 4) is 0 Å². The first kappa shape index (κ1) is 32.6. The van der Waals surface area contributed by atoms with Gasteiger partial charge >= 0.3 is 6.03 Å². The summed E-state index contributed by atoms with van der Waals surface area (Å²) in [6.45, 7) is 11.3. The topological polar surface area (TPSA) is 137 Å². The number of carbonyl (C=O) groups is 3. The molecule has 46 heavy (non-hydrogen) atoms. The number of imide groups is 1. The largest absolute Gasteiger partial charge is 0.444 e. The molecule has 3 aliphatic rings. The molecule has 6 heterocycles. The predicted molar refractivity (Wildman–Crippen MR) is 178 cm³/mol. The van der Waals surface area contributed by atoms with Gasteiger partial charge in [0.2, 0.25) is 17.7 Å². The van der Waals surface area contributed by atoms with Gasteiger partial charge in [0, 0.05) is 50.0 Å². The highest BCUT2D eigenvalue weighted by Gasteiger charge is 2.31. The number of rotatable bonds is 9. The maximum Gasteiger partial charge on any atom is 0.328 e. The number of oxazole rings is 1. The molecule has 6 rings (SSSR count). The summed E-state index contributed by atoms with van der Waals surface area (Å²) in [6.07, 6.45) is 9.53. The number of pyridine rings is 1. The molecule has 0 aliphatic carbocycles. The number of amides is 4. The Bertz CT molecular complexity index is 1520. The second kappa shape index (κ2) is 14.2. The Labute approximate surface area is 277 Å². The number of carbonyl (C=O) groups excluding carboxylic acids is 3. The molecule has 12 nitrogen and oxygen atoms in total. The van der Waals surface area contributed by atoms with E-state index in [0.717, 1.165) is 74.1 Å². The Kier molecular flexibility index (Phi) is 10.1. The maximum atomic E-state index is 13.0. The fourth-order valence-corrected chi connectivity index (χ4v) is 7.86. The normalized spacial score (nSPS) is 19.4. The first-order valence-electron chi connectivity index (χ1n) is 16.0. The van der Waals surface area contributed by atoms with Gasteiger partial charge in [-0.1, -0.05) is 32.1 Å². The average molecular weight is 667 g/mol. The summed E-state index contributed by atoms with van der Waals surface area (Å²) < 4.78 is 6.90. The molecule has 246 valence electrons. The van der Waals surface area contributed by atoms with E-state index >= 15 is 0 Å². The van der Waals surface area contributed by atoms with Crippen LogP contribution in [-0.4, -0.2) is 81.4 Å². The van der Waals surface area contributed by atoms with Crippen LogP contribution in [0.1, 0.15) is 70.2 Å². The van der Waals surface area contributed by atoms with Gasteiger partial charge in [-0.3, -0.25) is 29.7 Å². The third-order valence-corrected chi connectivity index (χ3v) is 11.0. The molecule has 0 radical (unpaired) electrons. The summed E-state index contributed by atoms with van der Waals surface area (Å²) in [5.74, 6) is 2.02. The van der Waals surface area contributed by atoms with Gasteiger partial charge in [0.1, 0.15) is 5.76 Å². The zero-order valence-electron chi connectivity index (χ0n) is 26.7.